The van der Waals surface area contributed by atoms with Crippen molar-refractivity contribution in [3.8, 4) is 0 Å². The first-order chi connectivity index (χ1) is 12.3. The van der Waals surface area contributed by atoms with E-state index in [4.69, 9.17) is 4.74 Å². The quantitative estimate of drug-likeness (QED) is 0.766. The minimum Gasteiger partial charge on any atom is -0.465 e. The van der Waals surface area contributed by atoms with Gasteiger partial charge in [-0.25, -0.2) is 4.98 Å². The number of benzene rings is 1. The molecular weight excluding hydrogens is 351 g/mol. The predicted octanol–water partition coefficient (Wildman–Crippen LogP) is 3.33. The molecule has 0 saturated heterocycles. The molecule has 9 heteroatoms. The van der Waals surface area contributed by atoms with Crippen molar-refractivity contribution in [2.45, 2.75) is 13.1 Å². The number of hydrogen-bond acceptors (Lipinski definition) is 5. The number of alkyl halides is 3. The van der Waals surface area contributed by atoms with Gasteiger partial charge in [-0.1, -0.05) is 6.07 Å². The third-order valence-corrected chi connectivity index (χ3v) is 3.21. The first kappa shape index (κ1) is 19.2. The second-order valence-electron chi connectivity index (χ2n) is 5.09. The highest BCUT2D eigenvalue weighted by Crippen LogP contribution is 2.29. The summed E-state index contributed by atoms with van der Waals surface area (Å²) in [7, 11) is 0. The van der Waals surface area contributed by atoms with E-state index in [9.17, 15) is 22.8 Å². The molecule has 26 heavy (non-hydrogen) atoms. The Hall–Kier alpha value is -3.10. The number of hydrogen-bond donors (Lipinski definition) is 2. The second-order valence-corrected chi connectivity index (χ2v) is 5.09. The lowest BCUT2D eigenvalue weighted by Crippen LogP contribution is -2.19. The minimum atomic E-state index is -4.54. The van der Waals surface area contributed by atoms with Crippen molar-refractivity contribution >= 4 is 23.4 Å². The van der Waals surface area contributed by atoms with Crippen molar-refractivity contribution in [2.24, 2.45) is 0 Å². The average molecular weight is 367 g/mol. The van der Waals surface area contributed by atoms with Gasteiger partial charge >= 0.3 is 12.1 Å². The molecule has 0 aliphatic heterocycles. The van der Waals surface area contributed by atoms with E-state index in [1.807, 2.05) is 0 Å². The van der Waals surface area contributed by atoms with E-state index in [1.165, 1.54) is 24.4 Å². The number of carbonyl (C=O) groups excluding carboxylic acids is 2. The summed E-state index contributed by atoms with van der Waals surface area (Å²) >= 11 is 0. The largest absolute Gasteiger partial charge is 0.465 e. The van der Waals surface area contributed by atoms with Crippen molar-refractivity contribution in [3.05, 3.63) is 53.7 Å². The molecule has 0 bridgehead atoms. The van der Waals surface area contributed by atoms with Gasteiger partial charge in [0.05, 0.1) is 17.9 Å². The molecule has 6 nitrogen and oxygen atoms in total. The molecule has 0 spiro atoms. The number of nitrogens with one attached hydrogen (secondary N) is 2. The Morgan fingerprint density at radius 1 is 1.19 bits per heavy atom. The normalized spacial score (nSPS) is 10.9. The number of carbonyl (C=O) groups is 2. The van der Waals surface area contributed by atoms with Gasteiger partial charge in [0.2, 0.25) is 0 Å². The van der Waals surface area contributed by atoms with Crippen molar-refractivity contribution in [1.82, 2.24) is 4.98 Å². The van der Waals surface area contributed by atoms with Crippen LogP contribution in [-0.2, 0) is 15.7 Å². The third-order valence-electron chi connectivity index (χ3n) is 3.21. The standard InChI is InChI=1S/C17H16F3N3O3/c1-2-26-14(24)10-22-15-13(7-4-8-21-15)23-16(25)11-5-3-6-12(9-11)17(18,19)20/h3-9H,2,10H2,1H3,(H,21,22)(H,23,25). The van der Waals surface area contributed by atoms with Crippen LogP contribution >= 0.6 is 0 Å². The number of esters is 1. The highest BCUT2D eigenvalue weighted by Gasteiger charge is 2.30. The lowest BCUT2D eigenvalue weighted by Gasteiger charge is -2.12. The first-order valence-electron chi connectivity index (χ1n) is 7.64. The summed E-state index contributed by atoms with van der Waals surface area (Å²) in [5.41, 5.74) is -0.851. The number of halogens is 3. The lowest BCUT2D eigenvalue weighted by atomic mass is 10.1. The molecule has 0 radical (unpaired) electrons. The van der Waals surface area contributed by atoms with E-state index < -0.39 is 23.6 Å². The number of nitrogens with zero attached hydrogens (tertiary/aromatic N) is 1. The number of ether oxygens (including phenoxy) is 1. The van der Waals surface area contributed by atoms with E-state index in [1.54, 1.807) is 6.92 Å². The summed E-state index contributed by atoms with van der Waals surface area (Å²) in [5.74, 6) is -1.04. The van der Waals surface area contributed by atoms with E-state index in [0.29, 0.717) is 0 Å². The van der Waals surface area contributed by atoms with Crippen LogP contribution in [0.4, 0.5) is 24.7 Å². The van der Waals surface area contributed by atoms with E-state index >= 15 is 0 Å². The zero-order valence-corrected chi connectivity index (χ0v) is 13.8. The van der Waals surface area contributed by atoms with Gasteiger partial charge in [-0.05, 0) is 37.3 Å². The van der Waals surface area contributed by atoms with Crippen LogP contribution in [0, 0.1) is 0 Å². The number of anilines is 2. The maximum Gasteiger partial charge on any atom is 0.416 e. The van der Waals surface area contributed by atoms with Crippen LogP contribution in [0.1, 0.15) is 22.8 Å². The molecule has 1 aromatic carbocycles. The summed E-state index contributed by atoms with van der Waals surface area (Å²) in [5, 5.41) is 5.19. The Morgan fingerprint density at radius 2 is 1.96 bits per heavy atom. The fourth-order valence-corrected chi connectivity index (χ4v) is 2.05. The van der Waals surface area contributed by atoms with Crippen LogP contribution < -0.4 is 10.6 Å². The number of amides is 1. The van der Waals surface area contributed by atoms with E-state index in [-0.39, 0.29) is 30.2 Å². The molecule has 2 rings (SSSR count). The summed E-state index contributed by atoms with van der Waals surface area (Å²) in [6, 6.07) is 7.11. The summed E-state index contributed by atoms with van der Waals surface area (Å²) in [4.78, 5) is 27.7. The molecular formula is C17H16F3N3O3. The molecule has 1 aromatic heterocycles. The fourth-order valence-electron chi connectivity index (χ4n) is 2.05. The maximum absolute atomic E-state index is 12.8. The number of pyridine rings is 1. The second kappa shape index (κ2) is 8.32. The van der Waals surface area contributed by atoms with Gasteiger partial charge in [0, 0.05) is 11.8 Å². The molecule has 0 unspecified atom stereocenters. The van der Waals surface area contributed by atoms with E-state index in [0.717, 1.165) is 18.2 Å². The molecule has 0 aliphatic carbocycles. The van der Waals surface area contributed by atoms with Gasteiger partial charge in [0.15, 0.2) is 0 Å². The molecule has 1 heterocycles. The lowest BCUT2D eigenvalue weighted by molar-refractivity contribution is -0.141. The van der Waals surface area contributed by atoms with Crippen LogP contribution in [0.3, 0.4) is 0 Å². The SMILES string of the molecule is CCOC(=O)CNc1ncccc1NC(=O)c1cccc(C(F)(F)F)c1. The van der Waals surface area contributed by atoms with Crippen molar-refractivity contribution in [1.29, 1.82) is 0 Å². The average Bonchev–Trinajstić information content (AvgIpc) is 2.60. The molecule has 0 aliphatic rings. The highest BCUT2D eigenvalue weighted by molar-refractivity contribution is 6.05. The zero-order chi connectivity index (χ0) is 19.2. The molecule has 0 fully saturated rings. The molecule has 2 N–H and O–H groups in total. The van der Waals surface area contributed by atoms with Crippen molar-refractivity contribution in [2.75, 3.05) is 23.8 Å². The van der Waals surface area contributed by atoms with Gasteiger partial charge < -0.3 is 15.4 Å². The van der Waals surface area contributed by atoms with Crippen LogP contribution in [0.15, 0.2) is 42.6 Å². The van der Waals surface area contributed by atoms with Gasteiger partial charge in [-0.2, -0.15) is 13.2 Å². The molecule has 0 saturated carbocycles. The Bertz CT molecular complexity index is 794. The fraction of sp³-hybridized carbons (Fsp3) is 0.235. The smallest absolute Gasteiger partial charge is 0.416 e. The van der Waals surface area contributed by atoms with Crippen LogP contribution in [0.5, 0.6) is 0 Å². The molecule has 138 valence electrons. The summed E-state index contributed by atoms with van der Waals surface area (Å²) in [6.07, 6.45) is -3.11. The number of rotatable bonds is 6. The molecule has 0 atom stereocenters. The third kappa shape index (κ3) is 5.20. The number of aromatic nitrogens is 1. The molecule has 1 amide bonds. The van der Waals surface area contributed by atoms with Gasteiger partial charge in [0.25, 0.3) is 5.91 Å². The maximum atomic E-state index is 12.8. The summed E-state index contributed by atoms with van der Waals surface area (Å²) in [6.45, 7) is 1.72. The Kier molecular flexibility index (Phi) is 6.16. The van der Waals surface area contributed by atoms with Crippen molar-refractivity contribution in [3.63, 3.8) is 0 Å². The predicted molar refractivity (Wildman–Crippen MR) is 88.8 cm³/mol. The van der Waals surface area contributed by atoms with Crippen LogP contribution in [0.2, 0.25) is 0 Å². The molecule has 2 aromatic rings. The van der Waals surface area contributed by atoms with Gasteiger partial charge in [-0.15, -0.1) is 0 Å². The Morgan fingerprint density at radius 3 is 2.65 bits per heavy atom. The van der Waals surface area contributed by atoms with Crippen LogP contribution in [0.25, 0.3) is 0 Å². The zero-order valence-electron chi connectivity index (χ0n) is 13.8. The van der Waals surface area contributed by atoms with Crippen LogP contribution in [-0.4, -0.2) is 30.0 Å². The topological polar surface area (TPSA) is 80.3 Å². The monoisotopic (exact) mass is 367 g/mol. The van der Waals surface area contributed by atoms with Gasteiger partial charge in [0.1, 0.15) is 12.4 Å². The Balaban J connectivity index is 2.13. The van der Waals surface area contributed by atoms with Gasteiger partial charge in [-0.3, -0.25) is 9.59 Å². The Labute approximate surface area is 147 Å². The highest BCUT2D eigenvalue weighted by atomic mass is 19.4. The first-order valence-corrected chi connectivity index (χ1v) is 7.64. The summed E-state index contributed by atoms with van der Waals surface area (Å²) < 4.78 is 43.1. The minimum absolute atomic E-state index is 0.153. The van der Waals surface area contributed by atoms with Crippen molar-refractivity contribution < 1.29 is 27.5 Å². The van der Waals surface area contributed by atoms with E-state index in [2.05, 4.69) is 15.6 Å².